The summed E-state index contributed by atoms with van der Waals surface area (Å²) in [6.07, 6.45) is 1.84. The monoisotopic (exact) mass is 391 g/mol. The van der Waals surface area contributed by atoms with E-state index in [1.54, 1.807) is 4.90 Å². The third-order valence-electron chi connectivity index (χ3n) is 4.92. The summed E-state index contributed by atoms with van der Waals surface area (Å²) in [6, 6.07) is 1.96. The van der Waals surface area contributed by atoms with Gasteiger partial charge in [-0.05, 0) is 60.5 Å². The first-order valence-corrected chi connectivity index (χ1v) is 9.79. The molecule has 1 N–H and O–H groups in total. The SMILES string of the molecule is Cc1cc(C)nc(N2CCC(C)(N(CCNC=O)C(=O)OC(C)(C)C)CC2)n1. The Labute approximate surface area is 167 Å². The minimum Gasteiger partial charge on any atom is -0.444 e. The molecule has 0 unspecified atom stereocenters. The van der Waals surface area contributed by atoms with Crippen LogP contribution < -0.4 is 10.2 Å². The molecule has 2 amide bonds. The fourth-order valence-corrected chi connectivity index (χ4v) is 3.44. The van der Waals surface area contributed by atoms with Crippen molar-refractivity contribution >= 4 is 18.5 Å². The van der Waals surface area contributed by atoms with Crippen LogP contribution in [-0.2, 0) is 9.53 Å². The zero-order chi connectivity index (χ0) is 20.9. The summed E-state index contributed by atoms with van der Waals surface area (Å²) in [5, 5.41) is 2.64. The molecule has 1 saturated heterocycles. The van der Waals surface area contributed by atoms with Crippen LogP contribution in [0.1, 0.15) is 51.9 Å². The van der Waals surface area contributed by atoms with Gasteiger partial charge in [0.25, 0.3) is 0 Å². The van der Waals surface area contributed by atoms with Gasteiger partial charge in [-0.25, -0.2) is 14.8 Å². The number of rotatable bonds is 6. The average Bonchev–Trinajstić information content (AvgIpc) is 2.56. The van der Waals surface area contributed by atoms with Crippen molar-refractivity contribution in [1.29, 1.82) is 0 Å². The minimum absolute atomic E-state index is 0.348. The van der Waals surface area contributed by atoms with Gasteiger partial charge in [-0.3, -0.25) is 4.79 Å². The van der Waals surface area contributed by atoms with Crippen molar-refractivity contribution in [1.82, 2.24) is 20.2 Å². The van der Waals surface area contributed by atoms with Crippen molar-refractivity contribution in [2.45, 2.75) is 65.5 Å². The lowest BCUT2D eigenvalue weighted by atomic mass is 9.88. The molecule has 2 heterocycles. The smallest absolute Gasteiger partial charge is 0.410 e. The largest absolute Gasteiger partial charge is 0.444 e. The molecule has 156 valence electrons. The number of nitrogens with zero attached hydrogens (tertiary/aromatic N) is 4. The Kier molecular flexibility index (Phi) is 6.85. The van der Waals surface area contributed by atoms with Crippen LogP contribution in [0.3, 0.4) is 0 Å². The number of piperidine rings is 1. The molecule has 0 spiro atoms. The fraction of sp³-hybridized carbons (Fsp3) is 0.700. The molecular formula is C20H33N5O3. The Hall–Kier alpha value is -2.38. The van der Waals surface area contributed by atoms with Crippen LogP contribution in [-0.4, -0.2) is 64.7 Å². The molecule has 0 atom stereocenters. The van der Waals surface area contributed by atoms with Crippen molar-refractivity contribution < 1.29 is 14.3 Å². The second-order valence-electron chi connectivity index (χ2n) is 8.64. The highest BCUT2D eigenvalue weighted by Crippen LogP contribution is 2.31. The Morgan fingerprint density at radius 2 is 1.86 bits per heavy atom. The van der Waals surface area contributed by atoms with Crippen LogP contribution in [0.15, 0.2) is 6.07 Å². The van der Waals surface area contributed by atoms with E-state index in [0.717, 1.165) is 43.3 Å². The lowest BCUT2D eigenvalue weighted by Gasteiger charge is -2.46. The van der Waals surface area contributed by atoms with Crippen molar-refractivity contribution in [2.75, 3.05) is 31.1 Å². The highest BCUT2D eigenvalue weighted by Gasteiger charge is 2.40. The maximum Gasteiger partial charge on any atom is 0.410 e. The van der Waals surface area contributed by atoms with Gasteiger partial charge in [-0.1, -0.05) is 0 Å². The molecule has 0 bridgehead atoms. The van der Waals surface area contributed by atoms with Crippen LogP contribution in [0, 0.1) is 13.8 Å². The normalized spacial score (nSPS) is 16.4. The van der Waals surface area contributed by atoms with Gasteiger partial charge in [-0.15, -0.1) is 0 Å². The Morgan fingerprint density at radius 3 is 2.36 bits per heavy atom. The Bertz CT molecular complexity index is 673. The van der Waals surface area contributed by atoms with E-state index < -0.39 is 5.60 Å². The van der Waals surface area contributed by atoms with Crippen LogP contribution >= 0.6 is 0 Å². The van der Waals surface area contributed by atoms with Crippen LogP contribution in [0.25, 0.3) is 0 Å². The van der Waals surface area contributed by atoms with Gasteiger partial charge in [0.2, 0.25) is 12.4 Å². The van der Waals surface area contributed by atoms with E-state index >= 15 is 0 Å². The second kappa shape index (κ2) is 8.75. The molecule has 28 heavy (non-hydrogen) atoms. The van der Waals surface area contributed by atoms with Gasteiger partial charge in [0.05, 0.1) is 0 Å². The van der Waals surface area contributed by atoms with Gasteiger partial charge in [0, 0.05) is 43.1 Å². The number of carbonyl (C=O) groups excluding carboxylic acids is 2. The van der Waals surface area contributed by atoms with E-state index in [4.69, 9.17) is 4.74 Å². The molecule has 1 aliphatic rings. The summed E-state index contributed by atoms with van der Waals surface area (Å²) >= 11 is 0. The van der Waals surface area contributed by atoms with Crippen molar-refractivity contribution in [3.8, 4) is 0 Å². The second-order valence-corrected chi connectivity index (χ2v) is 8.64. The molecule has 1 aliphatic heterocycles. The van der Waals surface area contributed by atoms with Gasteiger partial charge in [0.15, 0.2) is 0 Å². The fourth-order valence-electron chi connectivity index (χ4n) is 3.44. The summed E-state index contributed by atoms with van der Waals surface area (Å²) in [5.74, 6) is 0.742. The maximum absolute atomic E-state index is 12.8. The number of aryl methyl sites for hydroxylation is 2. The minimum atomic E-state index is -0.572. The number of hydrogen-bond acceptors (Lipinski definition) is 6. The van der Waals surface area contributed by atoms with E-state index in [2.05, 4.69) is 27.1 Å². The Morgan fingerprint density at radius 1 is 1.29 bits per heavy atom. The number of ether oxygens (including phenoxy) is 1. The van der Waals surface area contributed by atoms with Crippen LogP contribution in [0.4, 0.5) is 10.7 Å². The van der Waals surface area contributed by atoms with E-state index in [-0.39, 0.29) is 11.6 Å². The van der Waals surface area contributed by atoms with Gasteiger partial charge in [-0.2, -0.15) is 0 Å². The van der Waals surface area contributed by atoms with Crippen molar-refractivity contribution in [3.63, 3.8) is 0 Å². The first kappa shape index (κ1) is 21.9. The molecule has 2 rings (SSSR count). The lowest BCUT2D eigenvalue weighted by molar-refractivity contribution is -0.109. The summed E-state index contributed by atoms with van der Waals surface area (Å²) in [5.41, 5.74) is 0.969. The highest BCUT2D eigenvalue weighted by atomic mass is 16.6. The molecule has 1 aromatic heterocycles. The average molecular weight is 392 g/mol. The molecule has 0 aromatic carbocycles. The molecule has 8 heteroatoms. The lowest BCUT2D eigenvalue weighted by Crippen LogP contribution is -2.58. The summed E-state index contributed by atoms with van der Waals surface area (Å²) in [6.45, 7) is 13.9. The van der Waals surface area contributed by atoms with Crippen molar-refractivity contribution in [3.05, 3.63) is 17.5 Å². The summed E-state index contributed by atoms with van der Waals surface area (Å²) in [4.78, 5) is 36.5. The predicted octanol–water partition coefficient (Wildman–Crippen LogP) is 2.44. The number of nitrogens with one attached hydrogen (secondary N) is 1. The summed E-state index contributed by atoms with van der Waals surface area (Å²) in [7, 11) is 0. The molecule has 8 nitrogen and oxygen atoms in total. The van der Waals surface area contributed by atoms with E-state index in [0.29, 0.717) is 19.5 Å². The zero-order valence-electron chi connectivity index (χ0n) is 17.9. The van der Waals surface area contributed by atoms with Gasteiger partial charge in [0.1, 0.15) is 5.60 Å². The molecule has 0 saturated carbocycles. The zero-order valence-corrected chi connectivity index (χ0v) is 17.9. The number of aromatic nitrogens is 2. The quantitative estimate of drug-likeness (QED) is 0.592. The topological polar surface area (TPSA) is 87.7 Å². The first-order chi connectivity index (χ1) is 13.0. The van der Waals surface area contributed by atoms with E-state index in [1.165, 1.54) is 0 Å². The molecule has 1 fully saturated rings. The van der Waals surface area contributed by atoms with Crippen molar-refractivity contribution in [2.24, 2.45) is 0 Å². The molecular weight excluding hydrogens is 358 g/mol. The predicted molar refractivity (Wildman–Crippen MR) is 108 cm³/mol. The summed E-state index contributed by atoms with van der Waals surface area (Å²) < 4.78 is 5.62. The van der Waals surface area contributed by atoms with E-state index in [1.807, 2.05) is 40.7 Å². The molecule has 0 radical (unpaired) electrons. The third kappa shape index (κ3) is 5.81. The first-order valence-electron chi connectivity index (χ1n) is 9.79. The number of anilines is 1. The number of hydrogen-bond donors (Lipinski definition) is 1. The standard InChI is InChI=1S/C20H33N5O3/c1-15-13-16(2)23-17(22-15)24-10-7-20(6,8-11-24)25(12-9-21-14-26)18(27)28-19(3,4)5/h13-14H,7-12H2,1-6H3,(H,21,26). The molecule has 1 aromatic rings. The van der Waals surface area contributed by atoms with Crippen LogP contribution in [0.5, 0.6) is 0 Å². The molecule has 0 aliphatic carbocycles. The van der Waals surface area contributed by atoms with Crippen LogP contribution in [0.2, 0.25) is 0 Å². The third-order valence-corrected chi connectivity index (χ3v) is 4.92. The van der Waals surface area contributed by atoms with Gasteiger partial charge >= 0.3 is 6.09 Å². The Balaban J connectivity index is 2.12. The van der Waals surface area contributed by atoms with E-state index in [9.17, 15) is 9.59 Å². The van der Waals surface area contributed by atoms with Gasteiger partial charge < -0.3 is 19.9 Å². The highest BCUT2D eigenvalue weighted by molar-refractivity contribution is 5.69. The number of amides is 2. The number of carbonyl (C=O) groups is 2. The maximum atomic E-state index is 12.8.